The minimum absolute atomic E-state index is 0.0786. The first-order valence-electron chi connectivity index (χ1n) is 11.2. The maximum atomic E-state index is 12.5. The van der Waals surface area contributed by atoms with Crippen LogP contribution >= 0.6 is 0 Å². The Bertz CT molecular complexity index is 846. The topological polar surface area (TPSA) is 50.8 Å². The van der Waals surface area contributed by atoms with Crippen molar-refractivity contribution in [2.24, 2.45) is 0 Å². The lowest BCUT2D eigenvalue weighted by molar-refractivity contribution is -0.121. The molecule has 0 bridgehead atoms. The van der Waals surface area contributed by atoms with Gasteiger partial charge < -0.3 is 14.8 Å². The molecule has 0 spiro atoms. The molecule has 2 aliphatic heterocycles. The number of hydrogen-bond donors (Lipinski definition) is 1. The van der Waals surface area contributed by atoms with Crippen LogP contribution in [0.15, 0.2) is 42.5 Å². The fraction of sp³-hybridized carbons (Fsp3) is 0.480. The molecule has 0 atom stereocenters. The smallest absolute Gasteiger partial charge is 0.220 e. The molecule has 30 heavy (non-hydrogen) atoms. The number of amides is 1. The Balaban J connectivity index is 1.27. The summed E-state index contributed by atoms with van der Waals surface area (Å²) in [6.45, 7) is 5.28. The summed E-state index contributed by atoms with van der Waals surface area (Å²) >= 11 is 0. The van der Waals surface area contributed by atoms with Crippen molar-refractivity contribution in [2.45, 2.75) is 51.6 Å². The summed E-state index contributed by atoms with van der Waals surface area (Å²) in [7, 11) is 0. The summed E-state index contributed by atoms with van der Waals surface area (Å²) in [6, 6.07) is 14.4. The lowest BCUT2D eigenvalue weighted by Crippen LogP contribution is -2.30. The molecule has 0 unspecified atom stereocenters. The highest BCUT2D eigenvalue weighted by Crippen LogP contribution is 2.30. The molecule has 0 saturated carbocycles. The molecule has 4 rings (SSSR count). The van der Waals surface area contributed by atoms with Gasteiger partial charge in [0.15, 0.2) is 11.5 Å². The fourth-order valence-corrected chi connectivity index (χ4v) is 4.15. The van der Waals surface area contributed by atoms with Gasteiger partial charge in [-0.15, -0.1) is 0 Å². The standard InChI is InChI=1S/C25H32N2O3/c28-25(12-10-20-9-11-23-24(17-20)30-16-6-15-29-23)26-18-21-7-2-3-8-22(21)19-27-13-4-1-5-14-27/h2-3,7-9,11,17H,1,4-6,10,12-16,18-19H2,(H,26,28). The van der Waals surface area contributed by atoms with Crippen molar-refractivity contribution < 1.29 is 14.3 Å². The van der Waals surface area contributed by atoms with Crippen LogP contribution in [0.4, 0.5) is 0 Å². The molecular weight excluding hydrogens is 376 g/mol. The van der Waals surface area contributed by atoms with Crippen LogP contribution in [-0.4, -0.2) is 37.1 Å². The van der Waals surface area contributed by atoms with E-state index in [9.17, 15) is 4.79 Å². The van der Waals surface area contributed by atoms with E-state index in [1.165, 1.54) is 43.5 Å². The largest absolute Gasteiger partial charge is 0.490 e. The number of likely N-dealkylation sites (tertiary alicyclic amines) is 1. The predicted octanol–water partition coefficient (Wildman–Crippen LogP) is 4.08. The third kappa shape index (κ3) is 5.76. The highest BCUT2D eigenvalue weighted by atomic mass is 16.5. The normalized spacial score (nSPS) is 16.7. The molecule has 160 valence electrons. The van der Waals surface area contributed by atoms with Crippen molar-refractivity contribution in [2.75, 3.05) is 26.3 Å². The van der Waals surface area contributed by atoms with Gasteiger partial charge in [-0.2, -0.15) is 0 Å². The first-order chi connectivity index (χ1) is 14.8. The molecule has 0 radical (unpaired) electrons. The molecule has 1 amide bonds. The van der Waals surface area contributed by atoms with Gasteiger partial charge >= 0.3 is 0 Å². The van der Waals surface area contributed by atoms with Gasteiger partial charge in [0, 0.05) is 25.9 Å². The molecule has 0 aromatic heterocycles. The predicted molar refractivity (Wildman–Crippen MR) is 118 cm³/mol. The summed E-state index contributed by atoms with van der Waals surface area (Å²) < 4.78 is 11.4. The summed E-state index contributed by atoms with van der Waals surface area (Å²) in [6.07, 6.45) is 5.98. The van der Waals surface area contributed by atoms with E-state index in [1.807, 2.05) is 18.2 Å². The number of fused-ring (bicyclic) bond motifs is 1. The fourth-order valence-electron chi connectivity index (χ4n) is 4.15. The second kappa shape index (κ2) is 10.5. The van der Waals surface area contributed by atoms with Crippen LogP contribution in [0, 0.1) is 0 Å². The van der Waals surface area contributed by atoms with Crippen molar-refractivity contribution in [1.29, 1.82) is 0 Å². The molecule has 2 heterocycles. The average Bonchev–Trinajstić information content (AvgIpc) is 3.03. The Morgan fingerprint density at radius 2 is 1.67 bits per heavy atom. The third-order valence-electron chi connectivity index (χ3n) is 5.89. The maximum absolute atomic E-state index is 12.5. The maximum Gasteiger partial charge on any atom is 0.220 e. The number of benzene rings is 2. The summed E-state index contributed by atoms with van der Waals surface area (Å²) in [4.78, 5) is 15.0. The van der Waals surface area contributed by atoms with Crippen LogP contribution in [0.25, 0.3) is 0 Å². The Morgan fingerprint density at radius 3 is 2.50 bits per heavy atom. The number of nitrogens with one attached hydrogen (secondary N) is 1. The SMILES string of the molecule is O=C(CCc1ccc2c(c1)OCCCO2)NCc1ccccc1CN1CCCCC1. The van der Waals surface area contributed by atoms with E-state index in [1.54, 1.807) is 0 Å². The monoisotopic (exact) mass is 408 g/mol. The molecule has 1 fully saturated rings. The van der Waals surface area contributed by atoms with Crippen molar-refractivity contribution in [3.05, 3.63) is 59.2 Å². The van der Waals surface area contributed by atoms with Crippen molar-refractivity contribution >= 4 is 5.91 Å². The zero-order valence-electron chi connectivity index (χ0n) is 17.7. The Hall–Kier alpha value is -2.53. The van der Waals surface area contributed by atoms with Gasteiger partial charge in [-0.25, -0.2) is 0 Å². The lowest BCUT2D eigenvalue weighted by Gasteiger charge is -2.27. The van der Waals surface area contributed by atoms with E-state index in [0.29, 0.717) is 32.6 Å². The van der Waals surface area contributed by atoms with Crippen LogP contribution in [0.2, 0.25) is 0 Å². The highest BCUT2D eigenvalue weighted by molar-refractivity contribution is 5.76. The Kier molecular flexibility index (Phi) is 7.25. The minimum Gasteiger partial charge on any atom is -0.490 e. The van der Waals surface area contributed by atoms with E-state index in [-0.39, 0.29) is 5.91 Å². The van der Waals surface area contributed by atoms with Crippen molar-refractivity contribution in [1.82, 2.24) is 10.2 Å². The van der Waals surface area contributed by atoms with Gasteiger partial charge in [-0.1, -0.05) is 36.8 Å². The first-order valence-corrected chi connectivity index (χ1v) is 11.2. The van der Waals surface area contributed by atoms with E-state index in [2.05, 4.69) is 34.5 Å². The van der Waals surface area contributed by atoms with E-state index < -0.39 is 0 Å². The quantitative estimate of drug-likeness (QED) is 0.750. The number of nitrogens with zero attached hydrogens (tertiary/aromatic N) is 1. The van der Waals surface area contributed by atoms with Crippen LogP contribution in [-0.2, 0) is 24.3 Å². The number of ether oxygens (including phenoxy) is 2. The van der Waals surface area contributed by atoms with Gasteiger partial charge in [0.05, 0.1) is 13.2 Å². The number of rotatable bonds is 7. The molecule has 2 aromatic carbocycles. The number of aryl methyl sites for hydroxylation is 1. The second-order valence-corrected chi connectivity index (χ2v) is 8.21. The van der Waals surface area contributed by atoms with E-state index >= 15 is 0 Å². The Morgan fingerprint density at radius 1 is 0.900 bits per heavy atom. The molecule has 5 nitrogen and oxygen atoms in total. The Labute approximate surface area is 179 Å². The molecular formula is C25H32N2O3. The highest BCUT2D eigenvalue weighted by Gasteiger charge is 2.14. The van der Waals surface area contributed by atoms with Gasteiger partial charge in [0.25, 0.3) is 0 Å². The number of hydrogen-bond acceptors (Lipinski definition) is 4. The lowest BCUT2D eigenvalue weighted by atomic mass is 10.0. The molecule has 0 aliphatic carbocycles. The zero-order chi connectivity index (χ0) is 20.6. The van der Waals surface area contributed by atoms with Gasteiger partial charge in [-0.05, 0) is 61.2 Å². The first kappa shape index (κ1) is 20.7. The summed E-state index contributed by atoms with van der Waals surface area (Å²) in [5, 5.41) is 3.11. The van der Waals surface area contributed by atoms with Crippen LogP contribution < -0.4 is 14.8 Å². The number of carbonyl (C=O) groups is 1. The molecule has 1 N–H and O–H groups in total. The van der Waals surface area contributed by atoms with E-state index in [0.717, 1.165) is 30.0 Å². The summed E-state index contributed by atoms with van der Waals surface area (Å²) in [5.74, 6) is 1.66. The van der Waals surface area contributed by atoms with Crippen molar-refractivity contribution in [3.8, 4) is 11.5 Å². The third-order valence-corrected chi connectivity index (χ3v) is 5.89. The van der Waals surface area contributed by atoms with Gasteiger partial charge in [-0.3, -0.25) is 9.69 Å². The molecule has 2 aromatic rings. The molecule has 2 aliphatic rings. The number of carbonyl (C=O) groups excluding carboxylic acids is 1. The van der Waals surface area contributed by atoms with Crippen LogP contribution in [0.5, 0.6) is 11.5 Å². The van der Waals surface area contributed by atoms with E-state index in [4.69, 9.17) is 9.47 Å². The van der Waals surface area contributed by atoms with Crippen LogP contribution in [0.3, 0.4) is 0 Å². The second-order valence-electron chi connectivity index (χ2n) is 8.21. The van der Waals surface area contributed by atoms with Gasteiger partial charge in [0.1, 0.15) is 0 Å². The zero-order valence-corrected chi connectivity index (χ0v) is 17.7. The molecule has 1 saturated heterocycles. The summed E-state index contributed by atoms with van der Waals surface area (Å²) in [5.41, 5.74) is 3.63. The minimum atomic E-state index is 0.0786. The number of piperidine rings is 1. The molecule has 5 heteroatoms. The van der Waals surface area contributed by atoms with Crippen LogP contribution in [0.1, 0.15) is 48.8 Å². The average molecular weight is 409 g/mol. The van der Waals surface area contributed by atoms with Gasteiger partial charge in [0.2, 0.25) is 5.91 Å². The van der Waals surface area contributed by atoms with Crippen molar-refractivity contribution in [3.63, 3.8) is 0 Å².